The molecule has 8 aromatic carbocycles. The van der Waals surface area contributed by atoms with Crippen LogP contribution in [0.4, 0.5) is 0 Å². The zero-order valence-corrected chi connectivity index (χ0v) is 27.5. The summed E-state index contributed by atoms with van der Waals surface area (Å²) in [6.07, 6.45) is 0. The molecule has 4 heteroatoms. The van der Waals surface area contributed by atoms with E-state index in [1.165, 1.54) is 38.4 Å². The number of hydrogen-bond donors (Lipinski definition) is 0. The maximum absolute atomic E-state index is 6.21. The van der Waals surface area contributed by atoms with Crippen molar-refractivity contribution < 1.29 is 4.42 Å². The van der Waals surface area contributed by atoms with Crippen LogP contribution < -0.4 is 0 Å². The Morgan fingerprint density at radius 1 is 0.314 bits per heavy atom. The van der Waals surface area contributed by atoms with Crippen molar-refractivity contribution in [3.63, 3.8) is 0 Å². The second-order valence-corrected chi connectivity index (χ2v) is 12.8. The van der Waals surface area contributed by atoms with Gasteiger partial charge in [-0.15, -0.1) is 0 Å². The van der Waals surface area contributed by atoms with Crippen LogP contribution in [0.15, 0.2) is 180 Å². The fourth-order valence-corrected chi connectivity index (χ4v) is 7.28. The van der Waals surface area contributed by atoms with Crippen molar-refractivity contribution in [2.45, 2.75) is 0 Å². The average molecular weight is 652 g/mol. The van der Waals surface area contributed by atoms with Gasteiger partial charge in [0.05, 0.1) is 0 Å². The summed E-state index contributed by atoms with van der Waals surface area (Å²) in [5.74, 6) is 1.85. The van der Waals surface area contributed by atoms with Crippen molar-refractivity contribution in [3.05, 3.63) is 176 Å². The topological polar surface area (TPSA) is 51.8 Å². The Balaban J connectivity index is 1.08. The molecule has 0 aliphatic rings. The molecule has 0 saturated heterocycles. The number of nitrogens with zero attached hydrogens (tertiary/aromatic N) is 3. The molecular weight excluding hydrogens is 623 g/mol. The molecule has 0 atom stereocenters. The van der Waals surface area contributed by atoms with Crippen LogP contribution in [0.1, 0.15) is 0 Å². The lowest BCUT2D eigenvalue weighted by Crippen LogP contribution is -2.00. The van der Waals surface area contributed by atoms with Crippen LogP contribution in [0, 0.1) is 0 Å². The number of aromatic nitrogens is 3. The smallest absolute Gasteiger partial charge is 0.164 e. The maximum atomic E-state index is 6.21. The summed E-state index contributed by atoms with van der Waals surface area (Å²) < 4.78 is 6.21. The highest BCUT2D eigenvalue weighted by Gasteiger charge is 2.18. The molecule has 10 rings (SSSR count). The van der Waals surface area contributed by atoms with Crippen LogP contribution in [0.5, 0.6) is 0 Å². The Morgan fingerprint density at radius 3 is 1.63 bits per heavy atom. The standard InChI is InChI=1S/C47H29N3O/c1-2-12-33(13-3-1)45-48-46(50-47(49-45)41-20-10-22-43-44(41)40-17-6-7-21-42(40)51-43)35-27-28-39-34(29-35)15-9-19-38(39)32-25-23-31(24-26-32)37-18-8-14-30-11-4-5-16-36(30)37/h1-29H. The summed E-state index contributed by atoms with van der Waals surface area (Å²) in [4.78, 5) is 15.2. The third kappa shape index (κ3) is 5.04. The second-order valence-electron chi connectivity index (χ2n) is 12.8. The van der Waals surface area contributed by atoms with Crippen molar-refractivity contribution in [2.75, 3.05) is 0 Å². The van der Waals surface area contributed by atoms with Crippen molar-refractivity contribution in [2.24, 2.45) is 0 Å². The van der Waals surface area contributed by atoms with E-state index in [2.05, 4.69) is 115 Å². The largest absolute Gasteiger partial charge is 0.456 e. The molecule has 2 heterocycles. The summed E-state index contributed by atoms with van der Waals surface area (Å²) in [5.41, 5.74) is 9.22. The quantitative estimate of drug-likeness (QED) is 0.186. The van der Waals surface area contributed by atoms with Gasteiger partial charge in [0.15, 0.2) is 17.5 Å². The Kier molecular flexibility index (Phi) is 6.78. The highest BCUT2D eigenvalue weighted by atomic mass is 16.3. The van der Waals surface area contributed by atoms with Crippen LogP contribution in [0.2, 0.25) is 0 Å². The van der Waals surface area contributed by atoms with Gasteiger partial charge >= 0.3 is 0 Å². The zero-order chi connectivity index (χ0) is 33.7. The van der Waals surface area contributed by atoms with Gasteiger partial charge in [0.1, 0.15) is 11.2 Å². The lowest BCUT2D eigenvalue weighted by Gasteiger charge is -2.12. The molecule has 51 heavy (non-hydrogen) atoms. The summed E-state index contributed by atoms with van der Waals surface area (Å²) in [6.45, 7) is 0. The molecule has 0 spiro atoms. The molecule has 0 aliphatic heterocycles. The molecule has 10 aromatic rings. The number of benzene rings is 8. The minimum absolute atomic E-state index is 0.608. The number of hydrogen-bond acceptors (Lipinski definition) is 4. The second kappa shape index (κ2) is 11.9. The summed E-state index contributed by atoms with van der Waals surface area (Å²) in [7, 11) is 0. The highest BCUT2D eigenvalue weighted by molar-refractivity contribution is 6.11. The fourth-order valence-electron chi connectivity index (χ4n) is 7.28. The van der Waals surface area contributed by atoms with Gasteiger partial charge in [-0.1, -0.05) is 158 Å². The van der Waals surface area contributed by atoms with Crippen molar-refractivity contribution in [3.8, 4) is 56.4 Å². The monoisotopic (exact) mass is 651 g/mol. The van der Waals surface area contributed by atoms with E-state index >= 15 is 0 Å². The average Bonchev–Trinajstić information content (AvgIpc) is 3.59. The predicted octanol–water partition coefficient (Wildman–Crippen LogP) is 12.4. The van der Waals surface area contributed by atoms with E-state index in [0.29, 0.717) is 17.5 Å². The first-order valence-electron chi connectivity index (χ1n) is 17.1. The lowest BCUT2D eigenvalue weighted by atomic mass is 9.94. The number of rotatable bonds is 5. The number of fused-ring (bicyclic) bond motifs is 5. The Hall–Kier alpha value is -6.91. The van der Waals surface area contributed by atoms with Crippen LogP contribution in [0.25, 0.3) is 99.9 Å². The first kappa shape index (κ1) is 29.0. The highest BCUT2D eigenvalue weighted by Crippen LogP contribution is 2.38. The molecule has 0 N–H and O–H groups in total. The van der Waals surface area contributed by atoms with E-state index in [0.717, 1.165) is 44.0 Å². The summed E-state index contributed by atoms with van der Waals surface area (Å²) in [5, 5.41) is 6.84. The van der Waals surface area contributed by atoms with Gasteiger partial charge in [-0.05, 0) is 62.0 Å². The molecule has 0 aliphatic carbocycles. The van der Waals surface area contributed by atoms with Crippen molar-refractivity contribution in [1.82, 2.24) is 15.0 Å². The lowest BCUT2D eigenvalue weighted by molar-refractivity contribution is 0.669. The fraction of sp³-hybridized carbons (Fsp3) is 0. The number of furan rings is 1. The molecule has 0 amide bonds. The van der Waals surface area contributed by atoms with E-state index in [4.69, 9.17) is 19.4 Å². The summed E-state index contributed by atoms with van der Waals surface area (Å²) in [6, 6.07) is 61.2. The SMILES string of the molecule is c1ccc(-c2nc(-c3ccc4c(-c5ccc(-c6cccc7ccccc67)cc5)cccc4c3)nc(-c3cccc4oc5ccccc5c34)n2)cc1. The van der Waals surface area contributed by atoms with Gasteiger partial charge in [0, 0.05) is 27.5 Å². The van der Waals surface area contributed by atoms with E-state index < -0.39 is 0 Å². The van der Waals surface area contributed by atoms with Crippen LogP contribution in [-0.2, 0) is 0 Å². The van der Waals surface area contributed by atoms with Crippen molar-refractivity contribution >= 4 is 43.5 Å². The molecule has 4 nitrogen and oxygen atoms in total. The number of para-hydroxylation sites is 1. The molecular formula is C47H29N3O. The first-order chi connectivity index (χ1) is 25.3. The molecule has 0 radical (unpaired) electrons. The zero-order valence-electron chi connectivity index (χ0n) is 27.5. The van der Waals surface area contributed by atoms with Gasteiger partial charge in [0.2, 0.25) is 0 Å². The van der Waals surface area contributed by atoms with Crippen molar-refractivity contribution in [1.29, 1.82) is 0 Å². The molecule has 238 valence electrons. The van der Waals surface area contributed by atoms with Gasteiger partial charge in [-0.3, -0.25) is 0 Å². The van der Waals surface area contributed by atoms with E-state index in [1.54, 1.807) is 0 Å². The minimum Gasteiger partial charge on any atom is -0.456 e. The minimum atomic E-state index is 0.608. The third-order valence-corrected chi connectivity index (χ3v) is 9.75. The first-order valence-corrected chi connectivity index (χ1v) is 17.1. The van der Waals surface area contributed by atoms with E-state index in [1.807, 2.05) is 60.7 Å². The Bertz CT molecular complexity index is 2900. The van der Waals surface area contributed by atoms with E-state index in [9.17, 15) is 0 Å². The maximum Gasteiger partial charge on any atom is 0.164 e. The van der Waals surface area contributed by atoms with Gasteiger partial charge in [-0.2, -0.15) is 0 Å². The molecule has 2 aromatic heterocycles. The molecule has 0 bridgehead atoms. The Labute approximate surface area is 294 Å². The van der Waals surface area contributed by atoms with E-state index in [-0.39, 0.29) is 0 Å². The van der Waals surface area contributed by atoms with Crippen LogP contribution in [-0.4, -0.2) is 15.0 Å². The summed E-state index contributed by atoms with van der Waals surface area (Å²) >= 11 is 0. The molecule has 0 unspecified atom stereocenters. The Morgan fingerprint density at radius 2 is 0.843 bits per heavy atom. The third-order valence-electron chi connectivity index (χ3n) is 9.75. The van der Waals surface area contributed by atoms with Crippen LogP contribution in [0.3, 0.4) is 0 Å². The van der Waals surface area contributed by atoms with Gasteiger partial charge < -0.3 is 4.42 Å². The van der Waals surface area contributed by atoms with Gasteiger partial charge in [0.25, 0.3) is 0 Å². The molecule has 0 fully saturated rings. The normalized spacial score (nSPS) is 11.5. The predicted molar refractivity (Wildman–Crippen MR) is 209 cm³/mol. The van der Waals surface area contributed by atoms with Gasteiger partial charge in [-0.25, -0.2) is 15.0 Å². The molecule has 0 saturated carbocycles. The van der Waals surface area contributed by atoms with Crippen LogP contribution >= 0.6 is 0 Å².